The van der Waals surface area contributed by atoms with Gasteiger partial charge in [-0.3, -0.25) is 9.69 Å². The third kappa shape index (κ3) is 5.90. The molecule has 0 aromatic heterocycles. The Kier molecular flexibility index (Phi) is 7.04. The molecule has 0 spiro atoms. The molecule has 1 saturated heterocycles. The van der Waals surface area contributed by atoms with Crippen LogP contribution in [0.25, 0.3) is 0 Å². The highest BCUT2D eigenvalue weighted by Gasteiger charge is 2.46. The molecule has 6 nitrogen and oxygen atoms in total. The van der Waals surface area contributed by atoms with E-state index >= 15 is 0 Å². The highest BCUT2D eigenvalue weighted by Crippen LogP contribution is 2.24. The molecule has 1 atom stereocenters. The third-order valence-corrected chi connectivity index (χ3v) is 5.02. The first-order valence-electron chi connectivity index (χ1n) is 9.83. The molecule has 1 heterocycles. The summed E-state index contributed by atoms with van der Waals surface area (Å²) >= 11 is 0. The number of nitrogens with zero attached hydrogens (tertiary/aromatic N) is 1. The Balaban J connectivity index is 1.48. The number of imide groups is 1. The van der Waals surface area contributed by atoms with Gasteiger partial charge >= 0.3 is 12.6 Å². The Morgan fingerprint density at radius 2 is 1.68 bits per heavy atom. The van der Waals surface area contributed by atoms with Gasteiger partial charge in [-0.25, -0.2) is 9.18 Å². The van der Waals surface area contributed by atoms with Gasteiger partial charge in [0.1, 0.15) is 22.9 Å². The van der Waals surface area contributed by atoms with E-state index < -0.39 is 18.2 Å². The Labute approximate surface area is 177 Å². The molecule has 1 fully saturated rings. The Morgan fingerprint density at radius 1 is 1.03 bits per heavy atom. The summed E-state index contributed by atoms with van der Waals surface area (Å²) in [7, 11) is 0. The molecule has 1 N–H and O–H groups in total. The van der Waals surface area contributed by atoms with Gasteiger partial charge in [-0.2, -0.15) is 8.78 Å². The van der Waals surface area contributed by atoms with Crippen molar-refractivity contribution < 1.29 is 32.2 Å². The van der Waals surface area contributed by atoms with Crippen molar-refractivity contribution in [1.82, 2.24) is 10.2 Å². The van der Waals surface area contributed by atoms with Gasteiger partial charge in [-0.1, -0.05) is 12.1 Å². The summed E-state index contributed by atoms with van der Waals surface area (Å²) in [4.78, 5) is 26.2. The lowest BCUT2D eigenvalue weighted by Crippen LogP contribution is -2.44. The Bertz CT molecular complexity index is 906. The molecular weight excluding hydrogens is 413 g/mol. The van der Waals surface area contributed by atoms with Crippen LogP contribution in [-0.4, -0.2) is 42.1 Å². The molecule has 1 aliphatic rings. The van der Waals surface area contributed by atoms with Crippen molar-refractivity contribution in [2.75, 3.05) is 13.2 Å². The second kappa shape index (κ2) is 9.72. The van der Waals surface area contributed by atoms with Crippen molar-refractivity contribution in [2.24, 2.45) is 0 Å². The van der Waals surface area contributed by atoms with Crippen molar-refractivity contribution >= 4 is 11.9 Å². The van der Waals surface area contributed by atoms with Crippen LogP contribution in [0.2, 0.25) is 0 Å². The van der Waals surface area contributed by atoms with Crippen LogP contribution in [0.4, 0.5) is 18.0 Å². The molecule has 166 valence electrons. The zero-order valence-electron chi connectivity index (χ0n) is 16.9. The maximum Gasteiger partial charge on any atom is 0.387 e. The van der Waals surface area contributed by atoms with Crippen LogP contribution in [0.15, 0.2) is 48.5 Å². The van der Waals surface area contributed by atoms with Crippen LogP contribution in [0.3, 0.4) is 0 Å². The average Bonchev–Trinajstić information content (AvgIpc) is 2.94. The van der Waals surface area contributed by atoms with Gasteiger partial charge in [-0.05, 0) is 68.1 Å². The largest absolute Gasteiger partial charge is 0.494 e. The number of benzene rings is 2. The van der Waals surface area contributed by atoms with Gasteiger partial charge < -0.3 is 14.8 Å². The minimum atomic E-state index is -2.89. The number of ether oxygens (including phenoxy) is 2. The lowest BCUT2D eigenvalue weighted by molar-refractivity contribution is -0.131. The molecule has 9 heteroatoms. The molecule has 3 rings (SSSR count). The number of nitrogens with one attached hydrogen (secondary N) is 1. The minimum absolute atomic E-state index is 0.0595. The zero-order valence-corrected chi connectivity index (χ0v) is 16.9. The van der Waals surface area contributed by atoms with Crippen LogP contribution in [-0.2, 0) is 11.2 Å². The number of urea groups is 1. The SMILES string of the molecule is CC1(CCc2ccc(OC(F)F)cc2)NC(=O)N(CCCOc2ccc(F)cc2)C1=O. The highest BCUT2D eigenvalue weighted by atomic mass is 19.3. The molecule has 1 aliphatic heterocycles. The van der Waals surface area contributed by atoms with Crippen molar-refractivity contribution in [2.45, 2.75) is 38.3 Å². The normalized spacial score (nSPS) is 18.4. The monoisotopic (exact) mass is 436 g/mol. The van der Waals surface area contributed by atoms with Crippen LogP contribution in [0.5, 0.6) is 11.5 Å². The summed E-state index contributed by atoms with van der Waals surface area (Å²) in [6, 6.07) is 11.3. The fraction of sp³-hybridized carbons (Fsp3) is 0.364. The third-order valence-electron chi connectivity index (χ3n) is 5.02. The summed E-state index contributed by atoms with van der Waals surface area (Å²) in [5.41, 5.74) is -0.219. The number of carbonyl (C=O) groups excluding carboxylic acids is 2. The van der Waals surface area contributed by atoms with E-state index in [9.17, 15) is 22.8 Å². The smallest absolute Gasteiger partial charge is 0.387 e. The average molecular weight is 436 g/mol. The molecule has 0 aliphatic carbocycles. The van der Waals surface area contributed by atoms with Gasteiger partial charge in [0.2, 0.25) is 0 Å². The molecule has 3 amide bonds. The van der Waals surface area contributed by atoms with Crippen molar-refractivity contribution in [3.05, 3.63) is 59.9 Å². The van der Waals surface area contributed by atoms with Crippen molar-refractivity contribution in [3.8, 4) is 11.5 Å². The van der Waals surface area contributed by atoms with Gasteiger partial charge in [0, 0.05) is 6.54 Å². The van der Waals surface area contributed by atoms with E-state index in [2.05, 4.69) is 10.1 Å². The topological polar surface area (TPSA) is 67.9 Å². The summed E-state index contributed by atoms with van der Waals surface area (Å²) in [5.74, 6) is -0.113. The standard InChI is InChI=1S/C22H23F3N2O4/c1-22(12-11-15-3-7-18(8-4-15)31-20(24)25)19(28)27(21(29)26-22)13-2-14-30-17-9-5-16(23)6-10-17/h3-10,20H,2,11-14H2,1H3,(H,26,29). The summed E-state index contributed by atoms with van der Waals surface area (Å²) in [6.07, 6.45) is 1.26. The van der Waals surface area contributed by atoms with Crippen LogP contribution < -0.4 is 14.8 Å². The number of hydrogen-bond acceptors (Lipinski definition) is 4. The first kappa shape index (κ1) is 22.5. The molecule has 2 aromatic rings. The van der Waals surface area contributed by atoms with Crippen LogP contribution in [0.1, 0.15) is 25.3 Å². The van der Waals surface area contributed by atoms with Crippen molar-refractivity contribution in [1.29, 1.82) is 0 Å². The quantitative estimate of drug-likeness (QED) is 0.449. The summed E-state index contributed by atoms with van der Waals surface area (Å²) in [5, 5.41) is 2.73. The lowest BCUT2D eigenvalue weighted by Gasteiger charge is -2.21. The Morgan fingerprint density at radius 3 is 2.32 bits per heavy atom. The number of halogens is 3. The van der Waals surface area contributed by atoms with Gasteiger partial charge in [0.15, 0.2) is 0 Å². The van der Waals surface area contributed by atoms with Crippen LogP contribution >= 0.6 is 0 Å². The number of carbonyl (C=O) groups is 2. The predicted octanol–water partition coefficient (Wildman–Crippen LogP) is 4.14. The van der Waals surface area contributed by atoms with Gasteiger partial charge in [0.25, 0.3) is 5.91 Å². The molecule has 2 aromatic carbocycles. The van der Waals surface area contributed by atoms with E-state index in [4.69, 9.17) is 4.74 Å². The van der Waals surface area contributed by atoms with E-state index in [1.54, 1.807) is 19.1 Å². The van der Waals surface area contributed by atoms with E-state index in [-0.39, 0.29) is 30.6 Å². The summed E-state index contributed by atoms with van der Waals surface area (Å²) in [6.45, 7) is -0.757. The Hall–Kier alpha value is -3.23. The number of hydrogen-bond donors (Lipinski definition) is 1. The maximum atomic E-state index is 12.9. The molecule has 0 saturated carbocycles. The van der Waals surface area contributed by atoms with Gasteiger partial charge in [-0.15, -0.1) is 0 Å². The van der Waals surface area contributed by atoms with E-state index in [1.807, 2.05) is 0 Å². The molecule has 1 unspecified atom stereocenters. The highest BCUT2D eigenvalue weighted by molar-refractivity contribution is 6.06. The molecule has 31 heavy (non-hydrogen) atoms. The zero-order chi connectivity index (χ0) is 22.4. The van der Waals surface area contributed by atoms with Crippen LogP contribution in [0, 0.1) is 5.82 Å². The fourth-order valence-electron chi connectivity index (χ4n) is 3.29. The number of aryl methyl sites for hydroxylation is 1. The van der Waals surface area contributed by atoms with Crippen molar-refractivity contribution in [3.63, 3.8) is 0 Å². The predicted molar refractivity (Wildman–Crippen MR) is 107 cm³/mol. The maximum absolute atomic E-state index is 12.9. The number of alkyl halides is 2. The minimum Gasteiger partial charge on any atom is -0.494 e. The first-order valence-corrected chi connectivity index (χ1v) is 9.83. The van der Waals surface area contributed by atoms with E-state index in [1.165, 1.54) is 36.4 Å². The second-order valence-electron chi connectivity index (χ2n) is 7.40. The van der Waals surface area contributed by atoms with E-state index in [0.29, 0.717) is 25.0 Å². The summed E-state index contributed by atoms with van der Waals surface area (Å²) < 4.78 is 47.2. The fourth-order valence-corrected chi connectivity index (χ4v) is 3.29. The van der Waals surface area contributed by atoms with E-state index in [0.717, 1.165) is 10.5 Å². The molecule has 0 radical (unpaired) electrons. The lowest BCUT2D eigenvalue weighted by atomic mass is 9.93. The molecular formula is C22H23F3N2O4. The second-order valence-corrected chi connectivity index (χ2v) is 7.40. The number of rotatable bonds is 10. The van der Waals surface area contributed by atoms with Gasteiger partial charge in [0.05, 0.1) is 6.61 Å². The molecule has 0 bridgehead atoms. The number of amides is 3. The first-order chi connectivity index (χ1) is 14.8.